The predicted octanol–water partition coefficient (Wildman–Crippen LogP) is 3.69. The first-order valence-electron chi connectivity index (χ1n) is 9.24. The van der Waals surface area contributed by atoms with Crippen molar-refractivity contribution in [2.24, 2.45) is 0 Å². The number of nitrogens with zero attached hydrogens (tertiary/aromatic N) is 1. The van der Waals surface area contributed by atoms with Crippen LogP contribution in [-0.4, -0.2) is 36.5 Å². The Morgan fingerprint density at radius 1 is 1.00 bits per heavy atom. The number of nitrogens with one attached hydrogen (secondary N) is 1. The lowest BCUT2D eigenvalue weighted by molar-refractivity contribution is -0.135. The third-order valence-electron chi connectivity index (χ3n) is 4.22. The van der Waals surface area contributed by atoms with Crippen molar-refractivity contribution >= 4 is 23.1 Å². The van der Waals surface area contributed by atoms with Crippen LogP contribution < -0.4 is 14.8 Å². The molecule has 146 valence electrons. The number of benzene rings is 2. The van der Waals surface area contributed by atoms with Gasteiger partial charge in [0.05, 0.1) is 18.3 Å². The van der Waals surface area contributed by atoms with Crippen molar-refractivity contribution in [3.63, 3.8) is 0 Å². The number of imide groups is 1. The van der Waals surface area contributed by atoms with Crippen LogP contribution in [0.15, 0.2) is 54.2 Å². The summed E-state index contributed by atoms with van der Waals surface area (Å²) in [5.41, 5.74) is 1.92. The van der Waals surface area contributed by atoms with E-state index in [1.54, 1.807) is 30.3 Å². The molecule has 28 heavy (non-hydrogen) atoms. The molecule has 2 aromatic rings. The summed E-state index contributed by atoms with van der Waals surface area (Å²) in [5.74, 6) is 0.689. The molecule has 1 aliphatic rings. The first-order chi connectivity index (χ1) is 13.4. The molecule has 1 N–H and O–H groups in total. The van der Waals surface area contributed by atoms with Crippen molar-refractivity contribution in [3.8, 4) is 11.5 Å². The fourth-order valence-electron chi connectivity index (χ4n) is 2.97. The summed E-state index contributed by atoms with van der Waals surface area (Å²) < 4.78 is 11.2. The van der Waals surface area contributed by atoms with Gasteiger partial charge in [0, 0.05) is 18.8 Å². The SMILES string of the molecule is CCOc1cccc(NC2=C(c3ccc(OC(C)C)cc3)C(=O)N(C)C2=O)c1. The Morgan fingerprint density at radius 2 is 1.71 bits per heavy atom. The van der Waals surface area contributed by atoms with Crippen LogP contribution in [0.4, 0.5) is 5.69 Å². The molecule has 0 atom stereocenters. The third-order valence-corrected chi connectivity index (χ3v) is 4.22. The highest BCUT2D eigenvalue weighted by atomic mass is 16.5. The van der Waals surface area contributed by atoms with E-state index in [2.05, 4.69) is 5.32 Å². The number of hydrogen-bond acceptors (Lipinski definition) is 5. The van der Waals surface area contributed by atoms with Gasteiger partial charge in [-0.2, -0.15) is 0 Å². The number of carbonyl (C=O) groups is 2. The zero-order valence-electron chi connectivity index (χ0n) is 16.5. The summed E-state index contributed by atoms with van der Waals surface area (Å²) in [7, 11) is 1.48. The van der Waals surface area contributed by atoms with Gasteiger partial charge in [0.15, 0.2) is 0 Å². The highest BCUT2D eigenvalue weighted by Gasteiger charge is 2.36. The van der Waals surface area contributed by atoms with Gasteiger partial charge in [0.25, 0.3) is 11.8 Å². The van der Waals surface area contributed by atoms with Crippen LogP contribution in [0, 0.1) is 0 Å². The van der Waals surface area contributed by atoms with Crippen molar-refractivity contribution in [2.75, 3.05) is 19.0 Å². The van der Waals surface area contributed by atoms with Gasteiger partial charge in [0.2, 0.25) is 0 Å². The Morgan fingerprint density at radius 3 is 2.36 bits per heavy atom. The van der Waals surface area contributed by atoms with Gasteiger partial charge >= 0.3 is 0 Å². The topological polar surface area (TPSA) is 67.9 Å². The van der Waals surface area contributed by atoms with E-state index in [9.17, 15) is 9.59 Å². The lowest BCUT2D eigenvalue weighted by Gasteiger charge is -2.11. The summed E-state index contributed by atoms with van der Waals surface area (Å²) in [4.78, 5) is 26.5. The Balaban J connectivity index is 1.96. The normalized spacial score (nSPS) is 14.1. The molecule has 0 unspecified atom stereocenters. The molecule has 0 fully saturated rings. The largest absolute Gasteiger partial charge is 0.494 e. The molecule has 6 heteroatoms. The lowest BCUT2D eigenvalue weighted by Crippen LogP contribution is -2.27. The Kier molecular flexibility index (Phi) is 5.68. The van der Waals surface area contributed by atoms with E-state index in [1.165, 1.54) is 7.05 Å². The summed E-state index contributed by atoms with van der Waals surface area (Å²) in [6, 6.07) is 14.5. The smallest absolute Gasteiger partial charge is 0.277 e. The van der Waals surface area contributed by atoms with Crippen LogP contribution in [0.1, 0.15) is 26.3 Å². The van der Waals surface area contributed by atoms with Gasteiger partial charge in [-0.1, -0.05) is 18.2 Å². The van der Waals surface area contributed by atoms with E-state index >= 15 is 0 Å². The van der Waals surface area contributed by atoms with Crippen molar-refractivity contribution < 1.29 is 19.1 Å². The molecule has 1 heterocycles. The van der Waals surface area contributed by atoms with E-state index in [-0.39, 0.29) is 23.6 Å². The third kappa shape index (κ3) is 4.01. The molecule has 1 aliphatic heterocycles. The van der Waals surface area contributed by atoms with Crippen molar-refractivity contribution in [1.82, 2.24) is 4.90 Å². The average Bonchev–Trinajstić information content (AvgIpc) is 2.87. The van der Waals surface area contributed by atoms with E-state index < -0.39 is 0 Å². The number of amides is 2. The highest BCUT2D eigenvalue weighted by Crippen LogP contribution is 2.31. The second kappa shape index (κ2) is 8.17. The number of carbonyl (C=O) groups excluding carboxylic acids is 2. The molecule has 2 amide bonds. The summed E-state index contributed by atoms with van der Waals surface area (Å²) in [5, 5.41) is 3.10. The van der Waals surface area contributed by atoms with Crippen LogP contribution in [-0.2, 0) is 9.59 Å². The van der Waals surface area contributed by atoms with Crippen LogP contribution in [0.2, 0.25) is 0 Å². The molecule has 0 spiro atoms. The van der Waals surface area contributed by atoms with Crippen LogP contribution >= 0.6 is 0 Å². The number of likely N-dealkylation sites (N-methyl/N-ethyl adjacent to an activating group) is 1. The quantitative estimate of drug-likeness (QED) is 0.742. The molecular weight excluding hydrogens is 356 g/mol. The average molecular weight is 380 g/mol. The maximum absolute atomic E-state index is 12.7. The number of rotatable bonds is 7. The maximum atomic E-state index is 12.7. The molecule has 6 nitrogen and oxygen atoms in total. The minimum atomic E-state index is -0.371. The van der Waals surface area contributed by atoms with E-state index in [1.807, 2.05) is 39.0 Å². The molecular formula is C22H24N2O4. The molecule has 0 radical (unpaired) electrons. The predicted molar refractivity (Wildman–Crippen MR) is 108 cm³/mol. The molecule has 0 aliphatic carbocycles. The van der Waals surface area contributed by atoms with Gasteiger partial charge in [-0.15, -0.1) is 0 Å². The standard InChI is InChI=1S/C22H24N2O4/c1-5-27-18-8-6-7-16(13-18)23-20-19(21(25)24(4)22(20)26)15-9-11-17(12-10-15)28-14(2)3/h6-14,23H,5H2,1-4H3. The number of anilines is 1. The van der Waals surface area contributed by atoms with Crippen LogP contribution in [0.5, 0.6) is 11.5 Å². The minimum absolute atomic E-state index is 0.0562. The molecule has 0 aromatic heterocycles. The summed E-state index contributed by atoms with van der Waals surface area (Å²) >= 11 is 0. The van der Waals surface area contributed by atoms with Crippen molar-refractivity contribution in [3.05, 3.63) is 59.8 Å². The van der Waals surface area contributed by atoms with Gasteiger partial charge in [-0.25, -0.2) is 0 Å². The maximum Gasteiger partial charge on any atom is 0.277 e. The second-order valence-corrected chi connectivity index (χ2v) is 6.70. The molecule has 0 saturated carbocycles. The van der Waals surface area contributed by atoms with E-state index in [0.29, 0.717) is 34.9 Å². The Hall–Kier alpha value is -3.28. The first-order valence-corrected chi connectivity index (χ1v) is 9.24. The van der Waals surface area contributed by atoms with E-state index in [4.69, 9.17) is 9.47 Å². The molecule has 0 bridgehead atoms. The number of ether oxygens (including phenoxy) is 2. The Bertz CT molecular complexity index is 916. The van der Waals surface area contributed by atoms with Crippen molar-refractivity contribution in [2.45, 2.75) is 26.9 Å². The fraction of sp³-hybridized carbons (Fsp3) is 0.273. The van der Waals surface area contributed by atoms with Crippen molar-refractivity contribution in [1.29, 1.82) is 0 Å². The highest BCUT2D eigenvalue weighted by molar-refractivity contribution is 6.36. The fourth-order valence-corrected chi connectivity index (χ4v) is 2.97. The Labute approximate surface area is 164 Å². The zero-order valence-corrected chi connectivity index (χ0v) is 16.5. The van der Waals surface area contributed by atoms with Gasteiger partial charge in [-0.05, 0) is 50.6 Å². The monoisotopic (exact) mass is 380 g/mol. The van der Waals surface area contributed by atoms with Crippen LogP contribution in [0.3, 0.4) is 0 Å². The summed E-state index contributed by atoms with van der Waals surface area (Å²) in [6.45, 7) is 6.34. The molecule has 3 rings (SSSR count). The second-order valence-electron chi connectivity index (χ2n) is 6.70. The van der Waals surface area contributed by atoms with E-state index in [0.717, 1.165) is 4.90 Å². The van der Waals surface area contributed by atoms with Crippen LogP contribution in [0.25, 0.3) is 5.57 Å². The molecule has 0 saturated heterocycles. The van der Waals surface area contributed by atoms with Gasteiger partial charge in [-0.3, -0.25) is 14.5 Å². The summed E-state index contributed by atoms with van der Waals surface area (Å²) in [6.07, 6.45) is 0.0562. The minimum Gasteiger partial charge on any atom is -0.494 e. The zero-order chi connectivity index (χ0) is 20.3. The van der Waals surface area contributed by atoms with Gasteiger partial charge < -0.3 is 14.8 Å². The number of hydrogen-bond donors (Lipinski definition) is 1. The molecule has 2 aromatic carbocycles. The first kappa shape index (κ1) is 19.5. The van der Waals surface area contributed by atoms with Gasteiger partial charge in [0.1, 0.15) is 17.2 Å². The lowest BCUT2D eigenvalue weighted by atomic mass is 10.0.